The maximum absolute atomic E-state index is 11.4. The fourth-order valence-electron chi connectivity index (χ4n) is 1.89. The zero-order valence-electron chi connectivity index (χ0n) is 10.2. The molecule has 0 aliphatic carbocycles. The number of carbonyl (C=O) groups excluding carboxylic acids is 1. The predicted octanol–water partition coefficient (Wildman–Crippen LogP) is 3.72. The average Bonchev–Trinajstić information content (AvgIpc) is 2.61. The van der Waals surface area contributed by atoms with Gasteiger partial charge in [0.15, 0.2) is 6.10 Å². The van der Waals surface area contributed by atoms with E-state index < -0.39 is 6.10 Å². The summed E-state index contributed by atoms with van der Waals surface area (Å²) in [5.41, 5.74) is 1.39. The SMILES string of the molecule is CCCCCSc1cc2c(cc1Br)C(O)C(=O)N2. The number of amides is 1. The van der Waals surface area contributed by atoms with Gasteiger partial charge >= 0.3 is 0 Å². The first-order valence-corrected chi connectivity index (χ1v) is 7.86. The van der Waals surface area contributed by atoms with E-state index in [2.05, 4.69) is 28.2 Å². The Morgan fingerprint density at radius 1 is 1.44 bits per heavy atom. The summed E-state index contributed by atoms with van der Waals surface area (Å²) < 4.78 is 0.943. The zero-order chi connectivity index (χ0) is 13.1. The van der Waals surface area contributed by atoms with E-state index in [-0.39, 0.29) is 5.91 Å². The van der Waals surface area contributed by atoms with Crippen molar-refractivity contribution in [2.24, 2.45) is 0 Å². The Morgan fingerprint density at radius 3 is 2.94 bits per heavy atom. The van der Waals surface area contributed by atoms with Crippen LogP contribution in [-0.4, -0.2) is 16.8 Å². The molecule has 1 unspecified atom stereocenters. The number of nitrogens with one attached hydrogen (secondary N) is 1. The van der Waals surface area contributed by atoms with E-state index in [1.807, 2.05) is 12.1 Å². The summed E-state index contributed by atoms with van der Waals surface area (Å²) in [7, 11) is 0. The molecule has 3 nitrogen and oxygen atoms in total. The third-order valence-electron chi connectivity index (χ3n) is 2.91. The topological polar surface area (TPSA) is 49.3 Å². The van der Waals surface area contributed by atoms with Crippen molar-refractivity contribution < 1.29 is 9.90 Å². The van der Waals surface area contributed by atoms with Crippen LogP contribution in [0.15, 0.2) is 21.5 Å². The molecule has 98 valence electrons. The standard InChI is InChI=1S/C13H16BrNO2S/c1-2-3-4-5-18-11-7-10-8(6-9(11)14)12(16)13(17)15-10/h6-7,12,16H,2-5H2,1H3,(H,15,17). The van der Waals surface area contributed by atoms with Crippen LogP contribution in [0.3, 0.4) is 0 Å². The highest BCUT2D eigenvalue weighted by molar-refractivity contribution is 9.10. The minimum absolute atomic E-state index is 0.343. The van der Waals surface area contributed by atoms with Gasteiger partial charge in [0, 0.05) is 20.6 Å². The lowest BCUT2D eigenvalue weighted by molar-refractivity contribution is -0.123. The number of thioether (sulfide) groups is 1. The molecule has 2 rings (SSSR count). The average molecular weight is 330 g/mol. The summed E-state index contributed by atoms with van der Waals surface area (Å²) in [4.78, 5) is 12.5. The van der Waals surface area contributed by atoms with Crippen molar-refractivity contribution in [3.05, 3.63) is 22.2 Å². The van der Waals surface area contributed by atoms with Crippen LogP contribution in [0.5, 0.6) is 0 Å². The molecule has 5 heteroatoms. The Balaban J connectivity index is 2.10. The molecule has 0 spiro atoms. The molecule has 0 fully saturated rings. The maximum atomic E-state index is 11.4. The smallest absolute Gasteiger partial charge is 0.257 e. The van der Waals surface area contributed by atoms with Crippen LogP contribution in [0.2, 0.25) is 0 Å². The lowest BCUT2D eigenvalue weighted by Crippen LogP contribution is -2.10. The number of rotatable bonds is 5. The van der Waals surface area contributed by atoms with Gasteiger partial charge in [-0.05, 0) is 40.2 Å². The molecule has 18 heavy (non-hydrogen) atoms. The predicted molar refractivity (Wildman–Crippen MR) is 78.0 cm³/mol. The van der Waals surface area contributed by atoms with E-state index in [1.54, 1.807) is 11.8 Å². The number of fused-ring (bicyclic) bond motifs is 1. The quantitative estimate of drug-likeness (QED) is 0.639. The number of benzene rings is 1. The molecule has 0 bridgehead atoms. The van der Waals surface area contributed by atoms with Gasteiger partial charge in [0.25, 0.3) is 5.91 Å². The van der Waals surface area contributed by atoms with E-state index >= 15 is 0 Å². The molecular weight excluding hydrogens is 314 g/mol. The van der Waals surface area contributed by atoms with Gasteiger partial charge in [-0.2, -0.15) is 0 Å². The second kappa shape index (κ2) is 6.08. The van der Waals surface area contributed by atoms with Gasteiger partial charge in [-0.15, -0.1) is 11.8 Å². The fraction of sp³-hybridized carbons (Fsp3) is 0.462. The number of aliphatic hydroxyl groups is 1. The van der Waals surface area contributed by atoms with Crippen molar-refractivity contribution in [2.45, 2.75) is 37.2 Å². The van der Waals surface area contributed by atoms with Crippen LogP contribution in [0.25, 0.3) is 0 Å². The minimum atomic E-state index is -1.03. The Bertz CT molecular complexity index is 465. The van der Waals surface area contributed by atoms with Crippen LogP contribution in [0.1, 0.15) is 37.9 Å². The van der Waals surface area contributed by atoms with E-state index in [0.717, 1.165) is 20.8 Å². The van der Waals surface area contributed by atoms with Crippen molar-refractivity contribution in [3.63, 3.8) is 0 Å². The fourth-order valence-corrected chi connectivity index (χ4v) is 3.56. The van der Waals surface area contributed by atoms with Crippen LogP contribution in [0.4, 0.5) is 5.69 Å². The molecular formula is C13H16BrNO2S. The lowest BCUT2D eigenvalue weighted by atomic mass is 10.1. The molecule has 1 aliphatic rings. The molecule has 1 aromatic carbocycles. The van der Waals surface area contributed by atoms with Gasteiger partial charge < -0.3 is 10.4 Å². The second-order valence-electron chi connectivity index (χ2n) is 4.32. The molecule has 0 aromatic heterocycles. The number of carbonyl (C=O) groups is 1. The second-order valence-corrected chi connectivity index (χ2v) is 6.31. The first kappa shape index (κ1) is 13.9. The molecule has 1 aromatic rings. The van der Waals surface area contributed by atoms with Crippen LogP contribution in [0, 0.1) is 0 Å². The highest BCUT2D eigenvalue weighted by Crippen LogP contribution is 2.39. The Morgan fingerprint density at radius 2 is 2.22 bits per heavy atom. The number of unbranched alkanes of at least 4 members (excludes halogenated alkanes) is 2. The normalized spacial score (nSPS) is 17.7. The van der Waals surface area contributed by atoms with Crippen LogP contribution < -0.4 is 5.32 Å². The van der Waals surface area contributed by atoms with Gasteiger partial charge in [0.1, 0.15) is 0 Å². The van der Waals surface area contributed by atoms with Crippen molar-refractivity contribution in [3.8, 4) is 0 Å². The minimum Gasteiger partial charge on any atom is -0.378 e. The summed E-state index contributed by atoms with van der Waals surface area (Å²) in [5, 5.41) is 12.4. The Kier molecular flexibility index (Phi) is 4.70. The van der Waals surface area contributed by atoms with Crippen molar-refractivity contribution in [1.82, 2.24) is 0 Å². The van der Waals surface area contributed by atoms with Crippen molar-refractivity contribution in [1.29, 1.82) is 0 Å². The third kappa shape index (κ3) is 2.90. The van der Waals surface area contributed by atoms with Crippen LogP contribution >= 0.6 is 27.7 Å². The van der Waals surface area contributed by atoms with Gasteiger partial charge in [-0.3, -0.25) is 4.79 Å². The summed E-state index contributed by atoms with van der Waals surface area (Å²) in [6, 6.07) is 3.77. The number of hydrogen-bond acceptors (Lipinski definition) is 3. The molecule has 1 heterocycles. The van der Waals surface area contributed by atoms with E-state index in [4.69, 9.17) is 0 Å². The monoisotopic (exact) mass is 329 g/mol. The molecule has 1 atom stereocenters. The first-order valence-electron chi connectivity index (χ1n) is 6.08. The lowest BCUT2D eigenvalue weighted by Gasteiger charge is -2.08. The van der Waals surface area contributed by atoms with Crippen molar-refractivity contribution >= 4 is 39.3 Å². The summed E-state index contributed by atoms with van der Waals surface area (Å²) in [6.45, 7) is 2.19. The number of anilines is 1. The largest absolute Gasteiger partial charge is 0.378 e. The number of aliphatic hydroxyl groups excluding tert-OH is 1. The molecule has 0 saturated heterocycles. The summed E-state index contributed by atoms with van der Waals surface area (Å²) >= 11 is 5.27. The van der Waals surface area contributed by atoms with Crippen LogP contribution in [-0.2, 0) is 4.79 Å². The third-order valence-corrected chi connectivity index (χ3v) is 4.97. The summed E-state index contributed by atoms with van der Waals surface area (Å²) in [6.07, 6.45) is 2.62. The van der Waals surface area contributed by atoms with E-state index in [0.29, 0.717) is 5.56 Å². The molecule has 1 aliphatic heterocycles. The molecule has 1 amide bonds. The maximum Gasteiger partial charge on any atom is 0.257 e. The Labute approximate surface area is 119 Å². The first-order chi connectivity index (χ1) is 8.63. The molecule has 2 N–H and O–H groups in total. The molecule has 0 radical (unpaired) electrons. The van der Waals surface area contributed by atoms with Gasteiger partial charge in [0.05, 0.1) is 0 Å². The highest BCUT2D eigenvalue weighted by Gasteiger charge is 2.29. The van der Waals surface area contributed by atoms with Gasteiger partial charge in [-0.1, -0.05) is 19.8 Å². The number of hydrogen-bond donors (Lipinski definition) is 2. The van der Waals surface area contributed by atoms with E-state index in [9.17, 15) is 9.90 Å². The van der Waals surface area contributed by atoms with E-state index in [1.165, 1.54) is 19.3 Å². The van der Waals surface area contributed by atoms with Gasteiger partial charge in [0.2, 0.25) is 0 Å². The molecule has 0 saturated carbocycles. The summed E-state index contributed by atoms with van der Waals surface area (Å²) in [5.74, 6) is 0.729. The van der Waals surface area contributed by atoms with Gasteiger partial charge in [-0.25, -0.2) is 0 Å². The van der Waals surface area contributed by atoms with Crippen molar-refractivity contribution in [2.75, 3.05) is 11.1 Å². The number of halogens is 1. The Hall–Kier alpha value is -0.520. The zero-order valence-corrected chi connectivity index (χ0v) is 12.6. The highest BCUT2D eigenvalue weighted by atomic mass is 79.9.